The van der Waals surface area contributed by atoms with Crippen LogP contribution in [-0.2, 0) is 5.54 Å². The van der Waals surface area contributed by atoms with Crippen LogP contribution >= 0.6 is 11.6 Å². The van der Waals surface area contributed by atoms with Gasteiger partial charge >= 0.3 is 0 Å². The third kappa shape index (κ3) is 2.04. The molecule has 1 heterocycles. The first-order valence-electron chi connectivity index (χ1n) is 5.78. The maximum absolute atomic E-state index is 6.29. The van der Waals surface area contributed by atoms with E-state index in [4.69, 9.17) is 11.6 Å². The van der Waals surface area contributed by atoms with Gasteiger partial charge in [-0.1, -0.05) is 43.1 Å². The molecule has 1 N–H and O–H groups in total. The normalized spacial score (nSPS) is 25.7. The standard InChI is InChI=1S/C13H18ClN/c1-2-8-13(9-5-10-15-13)11-6-3-4-7-12(11)14/h3-4,6-7,15H,2,5,8-10H2,1H3. The molecule has 2 heteroatoms. The highest BCUT2D eigenvalue weighted by Gasteiger charge is 2.35. The molecule has 1 saturated heterocycles. The summed E-state index contributed by atoms with van der Waals surface area (Å²) in [6.07, 6.45) is 4.84. The minimum atomic E-state index is 0.146. The SMILES string of the molecule is CCCC1(c2ccccc2Cl)CCCN1. The molecule has 0 aliphatic carbocycles. The van der Waals surface area contributed by atoms with Crippen LogP contribution < -0.4 is 5.32 Å². The monoisotopic (exact) mass is 223 g/mol. The smallest absolute Gasteiger partial charge is 0.0456 e. The van der Waals surface area contributed by atoms with Gasteiger partial charge in [0, 0.05) is 10.6 Å². The van der Waals surface area contributed by atoms with Gasteiger partial charge in [-0.25, -0.2) is 0 Å². The van der Waals surface area contributed by atoms with Gasteiger partial charge in [0.2, 0.25) is 0 Å². The van der Waals surface area contributed by atoms with Gasteiger partial charge in [0.15, 0.2) is 0 Å². The third-order valence-corrected chi connectivity index (χ3v) is 3.64. The maximum Gasteiger partial charge on any atom is 0.0456 e. The van der Waals surface area contributed by atoms with E-state index in [0.717, 1.165) is 11.6 Å². The van der Waals surface area contributed by atoms with Gasteiger partial charge < -0.3 is 5.32 Å². The zero-order chi connectivity index (χ0) is 10.7. The van der Waals surface area contributed by atoms with E-state index in [0.29, 0.717) is 0 Å². The summed E-state index contributed by atoms with van der Waals surface area (Å²) in [6, 6.07) is 8.24. The predicted molar refractivity (Wildman–Crippen MR) is 65.3 cm³/mol. The largest absolute Gasteiger partial charge is 0.307 e. The lowest BCUT2D eigenvalue weighted by atomic mass is 9.84. The molecule has 0 aromatic heterocycles. The van der Waals surface area contributed by atoms with Crippen molar-refractivity contribution in [3.63, 3.8) is 0 Å². The zero-order valence-electron chi connectivity index (χ0n) is 9.22. The summed E-state index contributed by atoms with van der Waals surface area (Å²) in [7, 11) is 0. The van der Waals surface area contributed by atoms with E-state index in [1.54, 1.807) is 0 Å². The molecule has 0 spiro atoms. The van der Waals surface area contributed by atoms with Crippen LogP contribution in [0.5, 0.6) is 0 Å². The Hall–Kier alpha value is -0.530. The van der Waals surface area contributed by atoms with Gasteiger partial charge in [-0.3, -0.25) is 0 Å². The molecule has 1 aromatic carbocycles. The highest BCUT2D eigenvalue weighted by atomic mass is 35.5. The quantitative estimate of drug-likeness (QED) is 0.824. The molecule has 0 amide bonds. The van der Waals surface area contributed by atoms with Crippen molar-refractivity contribution in [1.82, 2.24) is 5.32 Å². The summed E-state index contributed by atoms with van der Waals surface area (Å²) in [6.45, 7) is 3.35. The van der Waals surface area contributed by atoms with Crippen LogP contribution in [0.2, 0.25) is 5.02 Å². The van der Waals surface area contributed by atoms with Gasteiger partial charge in [-0.2, -0.15) is 0 Å². The van der Waals surface area contributed by atoms with Crippen LogP contribution in [0.4, 0.5) is 0 Å². The molecule has 0 saturated carbocycles. The van der Waals surface area contributed by atoms with Crippen molar-refractivity contribution in [3.8, 4) is 0 Å². The summed E-state index contributed by atoms with van der Waals surface area (Å²) >= 11 is 6.29. The topological polar surface area (TPSA) is 12.0 Å². The molecule has 1 unspecified atom stereocenters. The number of nitrogens with one attached hydrogen (secondary N) is 1. The molecule has 82 valence electrons. The fraction of sp³-hybridized carbons (Fsp3) is 0.538. The molecule has 1 aromatic rings. The third-order valence-electron chi connectivity index (χ3n) is 3.31. The molecule has 2 rings (SSSR count). The van der Waals surface area contributed by atoms with E-state index < -0.39 is 0 Å². The van der Waals surface area contributed by atoms with Crippen molar-refractivity contribution >= 4 is 11.6 Å². The first-order valence-corrected chi connectivity index (χ1v) is 6.16. The lowest BCUT2D eigenvalue weighted by Crippen LogP contribution is -2.36. The van der Waals surface area contributed by atoms with Gasteiger partial charge in [-0.15, -0.1) is 0 Å². The number of hydrogen-bond donors (Lipinski definition) is 1. The van der Waals surface area contributed by atoms with E-state index >= 15 is 0 Å². The number of rotatable bonds is 3. The first kappa shape index (κ1) is 11.0. The Labute approximate surface area is 96.8 Å². The van der Waals surface area contributed by atoms with Crippen molar-refractivity contribution in [3.05, 3.63) is 34.9 Å². The van der Waals surface area contributed by atoms with Crippen LogP contribution in [0, 0.1) is 0 Å². The lowest BCUT2D eigenvalue weighted by molar-refractivity contribution is 0.356. The summed E-state index contributed by atoms with van der Waals surface area (Å²) in [5.41, 5.74) is 1.43. The maximum atomic E-state index is 6.29. The molecule has 1 aliphatic heterocycles. The second-order valence-corrected chi connectivity index (χ2v) is 4.75. The second-order valence-electron chi connectivity index (χ2n) is 4.34. The molecule has 1 aliphatic rings. The van der Waals surface area contributed by atoms with Crippen LogP contribution in [-0.4, -0.2) is 6.54 Å². The summed E-state index contributed by atoms with van der Waals surface area (Å²) in [5, 5.41) is 4.55. The van der Waals surface area contributed by atoms with E-state index in [1.807, 2.05) is 12.1 Å². The summed E-state index contributed by atoms with van der Waals surface area (Å²) < 4.78 is 0. The molecule has 1 fully saturated rings. The molecule has 1 nitrogen and oxygen atoms in total. The first-order chi connectivity index (χ1) is 7.28. The molecular formula is C13H18ClN. The minimum absolute atomic E-state index is 0.146. The Balaban J connectivity index is 2.36. The lowest BCUT2D eigenvalue weighted by Gasteiger charge is -2.30. The molecule has 0 bridgehead atoms. The number of benzene rings is 1. The molecule has 1 atom stereocenters. The molecule has 15 heavy (non-hydrogen) atoms. The summed E-state index contributed by atoms with van der Waals surface area (Å²) in [5.74, 6) is 0. The number of halogens is 1. The van der Waals surface area contributed by atoms with Crippen molar-refractivity contribution in [2.45, 2.75) is 38.1 Å². The van der Waals surface area contributed by atoms with E-state index in [1.165, 1.54) is 31.2 Å². The Morgan fingerprint density at radius 2 is 2.20 bits per heavy atom. The zero-order valence-corrected chi connectivity index (χ0v) is 9.98. The van der Waals surface area contributed by atoms with E-state index in [9.17, 15) is 0 Å². The Morgan fingerprint density at radius 1 is 1.40 bits per heavy atom. The minimum Gasteiger partial charge on any atom is -0.307 e. The van der Waals surface area contributed by atoms with Crippen LogP contribution in [0.15, 0.2) is 24.3 Å². The molecule has 0 radical (unpaired) electrons. The van der Waals surface area contributed by atoms with Gasteiger partial charge in [0.1, 0.15) is 0 Å². The van der Waals surface area contributed by atoms with Crippen molar-refractivity contribution in [2.75, 3.05) is 6.54 Å². The summed E-state index contributed by atoms with van der Waals surface area (Å²) in [4.78, 5) is 0. The number of hydrogen-bond acceptors (Lipinski definition) is 1. The van der Waals surface area contributed by atoms with Crippen molar-refractivity contribution in [1.29, 1.82) is 0 Å². The molecular weight excluding hydrogens is 206 g/mol. The average molecular weight is 224 g/mol. The Bertz CT molecular complexity index is 329. The van der Waals surface area contributed by atoms with Crippen LogP contribution in [0.3, 0.4) is 0 Å². The second kappa shape index (κ2) is 4.54. The van der Waals surface area contributed by atoms with Gasteiger partial charge in [0.25, 0.3) is 0 Å². The highest BCUT2D eigenvalue weighted by molar-refractivity contribution is 6.31. The highest BCUT2D eigenvalue weighted by Crippen LogP contribution is 2.38. The fourth-order valence-corrected chi connectivity index (χ4v) is 2.98. The van der Waals surface area contributed by atoms with Crippen LogP contribution in [0.1, 0.15) is 38.2 Å². The predicted octanol–water partition coefficient (Wildman–Crippen LogP) is 3.72. The fourth-order valence-electron chi connectivity index (χ4n) is 2.66. The van der Waals surface area contributed by atoms with Crippen LogP contribution in [0.25, 0.3) is 0 Å². The van der Waals surface area contributed by atoms with Gasteiger partial charge in [-0.05, 0) is 37.4 Å². The Morgan fingerprint density at radius 3 is 2.80 bits per heavy atom. The van der Waals surface area contributed by atoms with Crippen molar-refractivity contribution < 1.29 is 0 Å². The van der Waals surface area contributed by atoms with Crippen molar-refractivity contribution in [2.24, 2.45) is 0 Å². The van der Waals surface area contributed by atoms with Gasteiger partial charge in [0.05, 0.1) is 0 Å². The van der Waals surface area contributed by atoms with E-state index in [2.05, 4.69) is 24.4 Å². The Kier molecular flexibility index (Phi) is 3.32. The van der Waals surface area contributed by atoms with E-state index in [-0.39, 0.29) is 5.54 Å². The average Bonchev–Trinajstić information content (AvgIpc) is 2.69.